The van der Waals surface area contributed by atoms with Gasteiger partial charge in [-0.1, -0.05) is 68.4 Å². The average molecular weight is 318 g/mol. The molecule has 1 fully saturated rings. The second-order valence-electron chi connectivity index (χ2n) is 5.83. The van der Waals surface area contributed by atoms with Gasteiger partial charge in [-0.3, -0.25) is 4.79 Å². The Kier molecular flexibility index (Phi) is 10.9. The van der Waals surface area contributed by atoms with Gasteiger partial charge in [0.1, 0.15) is 0 Å². The number of hydrogen-bond acceptors (Lipinski definition) is 2. The van der Waals surface area contributed by atoms with Crippen LogP contribution in [0.5, 0.6) is 0 Å². The fourth-order valence-corrected chi connectivity index (χ4v) is 2.29. The van der Waals surface area contributed by atoms with Gasteiger partial charge in [-0.05, 0) is 32.1 Å². The van der Waals surface area contributed by atoms with Gasteiger partial charge in [-0.15, -0.1) is 0 Å². The summed E-state index contributed by atoms with van der Waals surface area (Å²) in [4.78, 5) is 10.4. The van der Waals surface area contributed by atoms with Crippen molar-refractivity contribution in [3.8, 4) is 0 Å². The third-order valence-corrected chi connectivity index (χ3v) is 3.72. The normalized spacial score (nSPS) is 21.3. The maximum Gasteiger partial charge on any atom is 0.303 e. The van der Waals surface area contributed by atoms with Gasteiger partial charge in [0.25, 0.3) is 0 Å². The minimum Gasteiger partial charge on any atom is -0.481 e. The summed E-state index contributed by atoms with van der Waals surface area (Å²) >= 11 is 0. The first-order chi connectivity index (χ1) is 11.2. The highest BCUT2D eigenvalue weighted by Crippen LogP contribution is 2.29. The van der Waals surface area contributed by atoms with Gasteiger partial charge >= 0.3 is 5.97 Å². The molecule has 1 saturated heterocycles. The van der Waals surface area contributed by atoms with Crippen LogP contribution in [0.15, 0.2) is 48.6 Å². The number of unbranched alkanes of at least 4 members (excludes halogenated alkanes) is 3. The van der Waals surface area contributed by atoms with Crippen LogP contribution in [0.3, 0.4) is 0 Å². The smallest absolute Gasteiger partial charge is 0.303 e. The summed E-state index contributed by atoms with van der Waals surface area (Å²) < 4.78 is 5.41. The maximum absolute atomic E-state index is 10.4. The Labute approximate surface area is 140 Å². The molecule has 0 radical (unpaired) electrons. The monoisotopic (exact) mass is 318 g/mol. The van der Waals surface area contributed by atoms with Crippen LogP contribution in [-0.2, 0) is 9.53 Å². The molecule has 1 aliphatic heterocycles. The largest absolute Gasteiger partial charge is 0.481 e. The summed E-state index contributed by atoms with van der Waals surface area (Å²) in [5.41, 5.74) is 0. The molecule has 0 aromatic heterocycles. The molecule has 0 unspecified atom stereocenters. The Morgan fingerprint density at radius 3 is 2.52 bits per heavy atom. The van der Waals surface area contributed by atoms with Crippen LogP contribution in [0.2, 0.25) is 0 Å². The molecule has 3 heteroatoms. The third kappa shape index (κ3) is 11.6. The van der Waals surface area contributed by atoms with E-state index in [1.54, 1.807) is 0 Å². The topological polar surface area (TPSA) is 49.8 Å². The summed E-state index contributed by atoms with van der Waals surface area (Å²) in [6, 6.07) is 0. The van der Waals surface area contributed by atoms with E-state index in [0.29, 0.717) is 6.42 Å². The number of carboxylic acid groups (broad SMARTS) is 1. The van der Waals surface area contributed by atoms with Gasteiger partial charge < -0.3 is 9.84 Å². The molecule has 0 amide bonds. The van der Waals surface area contributed by atoms with Crippen LogP contribution < -0.4 is 0 Å². The lowest BCUT2D eigenvalue weighted by Crippen LogP contribution is -1.99. The minimum absolute atomic E-state index is 0.142. The van der Waals surface area contributed by atoms with Crippen LogP contribution in [0.1, 0.15) is 58.3 Å². The minimum atomic E-state index is -0.750. The molecule has 0 aromatic rings. The van der Waals surface area contributed by atoms with Crippen molar-refractivity contribution in [1.29, 1.82) is 0 Å². The van der Waals surface area contributed by atoms with Crippen molar-refractivity contribution in [3.63, 3.8) is 0 Å². The Bertz CT molecular complexity index is 432. The molecule has 0 aromatic carbocycles. The molecule has 3 nitrogen and oxygen atoms in total. The quantitative estimate of drug-likeness (QED) is 0.220. The van der Waals surface area contributed by atoms with Crippen LogP contribution in [0, 0.1) is 0 Å². The zero-order valence-corrected chi connectivity index (χ0v) is 14.2. The van der Waals surface area contributed by atoms with Crippen LogP contribution >= 0.6 is 0 Å². The van der Waals surface area contributed by atoms with Gasteiger partial charge in [-0.25, -0.2) is 0 Å². The molecule has 0 bridgehead atoms. The summed E-state index contributed by atoms with van der Waals surface area (Å²) in [6.07, 6.45) is 24.9. The average Bonchev–Trinajstić information content (AvgIpc) is 3.28. The van der Waals surface area contributed by atoms with E-state index in [9.17, 15) is 4.79 Å². The number of hydrogen-bond donors (Lipinski definition) is 1. The predicted octanol–water partition coefficient (Wildman–Crippen LogP) is 5.20. The molecule has 1 aliphatic rings. The summed E-state index contributed by atoms with van der Waals surface area (Å²) in [5.74, 6) is -0.750. The van der Waals surface area contributed by atoms with Crippen LogP contribution in [0.4, 0.5) is 0 Å². The van der Waals surface area contributed by atoms with E-state index in [-0.39, 0.29) is 18.6 Å². The van der Waals surface area contributed by atoms with Crippen molar-refractivity contribution < 1.29 is 14.6 Å². The standard InChI is InChI=1S/C20H30O3/c1-2-3-4-5-6-7-8-9-10-11-12-13-14-15-18-19(23-18)16-17-20(21)22/h6-7,9-14,18-19H,2-5,8,15-17H2,1H3,(H,21,22)/b7-6-,10-9-,12-11+,14-13+/t18-,19-/m1/s1. The molecule has 1 N–H and O–H groups in total. The molecule has 2 atom stereocenters. The number of rotatable bonds is 13. The van der Waals surface area contributed by atoms with Gasteiger partial charge in [0.05, 0.1) is 12.2 Å². The van der Waals surface area contributed by atoms with E-state index >= 15 is 0 Å². The fraction of sp³-hybridized carbons (Fsp3) is 0.550. The predicted molar refractivity (Wildman–Crippen MR) is 95.5 cm³/mol. The van der Waals surface area contributed by atoms with Crippen molar-refractivity contribution >= 4 is 5.97 Å². The number of aliphatic carboxylic acids is 1. The first-order valence-electron chi connectivity index (χ1n) is 8.74. The van der Waals surface area contributed by atoms with Gasteiger partial charge in [0, 0.05) is 6.42 Å². The van der Waals surface area contributed by atoms with Gasteiger partial charge in [0.15, 0.2) is 0 Å². The van der Waals surface area contributed by atoms with Crippen molar-refractivity contribution in [3.05, 3.63) is 48.6 Å². The highest BCUT2D eigenvalue weighted by Gasteiger charge is 2.37. The number of carbonyl (C=O) groups is 1. The molecule has 128 valence electrons. The third-order valence-electron chi connectivity index (χ3n) is 3.72. The zero-order valence-electron chi connectivity index (χ0n) is 14.2. The number of epoxide rings is 1. The Balaban J connectivity index is 1.97. The fourth-order valence-electron chi connectivity index (χ4n) is 2.29. The Hall–Kier alpha value is -1.61. The lowest BCUT2D eigenvalue weighted by atomic mass is 10.1. The lowest BCUT2D eigenvalue weighted by molar-refractivity contribution is -0.137. The maximum atomic E-state index is 10.4. The Morgan fingerprint density at radius 1 is 1.00 bits per heavy atom. The first-order valence-corrected chi connectivity index (χ1v) is 8.74. The summed E-state index contributed by atoms with van der Waals surface area (Å²) in [5, 5.41) is 8.59. The van der Waals surface area contributed by atoms with Crippen molar-refractivity contribution in [2.45, 2.75) is 70.5 Å². The van der Waals surface area contributed by atoms with E-state index in [1.807, 2.05) is 18.2 Å². The molecule has 1 rings (SSSR count). The van der Waals surface area contributed by atoms with E-state index in [4.69, 9.17) is 9.84 Å². The molecular weight excluding hydrogens is 288 g/mol. The lowest BCUT2D eigenvalue weighted by Gasteiger charge is -1.90. The molecule has 1 heterocycles. The van der Waals surface area contributed by atoms with Crippen molar-refractivity contribution in [2.75, 3.05) is 0 Å². The first kappa shape index (κ1) is 19.4. The molecular formula is C20H30O3. The summed E-state index contributed by atoms with van der Waals surface area (Å²) in [6.45, 7) is 2.22. The molecule has 0 spiro atoms. The number of ether oxygens (including phenoxy) is 1. The van der Waals surface area contributed by atoms with E-state index < -0.39 is 5.97 Å². The summed E-state index contributed by atoms with van der Waals surface area (Å²) in [7, 11) is 0. The number of allylic oxidation sites excluding steroid dienone is 7. The van der Waals surface area contributed by atoms with E-state index in [2.05, 4.69) is 37.3 Å². The zero-order chi connectivity index (χ0) is 16.8. The van der Waals surface area contributed by atoms with Crippen LogP contribution in [-0.4, -0.2) is 23.3 Å². The van der Waals surface area contributed by atoms with Gasteiger partial charge in [0.2, 0.25) is 0 Å². The highest BCUT2D eigenvalue weighted by molar-refractivity contribution is 5.66. The molecule has 23 heavy (non-hydrogen) atoms. The SMILES string of the molecule is CCCCC/C=C\C\C=C/C=C/C=C/C[C@H]1O[C@@H]1CCC(=O)O. The second kappa shape index (κ2) is 12.9. The van der Waals surface area contributed by atoms with Gasteiger partial charge in [-0.2, -0.15) is 0 Å². The van der Waals surface area contributed by atoms with E-state index in [1.165, 1.54) is 25.7 Å². The highest BCUT2D eigenvalue weighted by atomic mass is 16.6. The Morgan fingerprint density at radius 2 is 1.78 bits per heavy atom. The van der Waals surface area contributed by atoms with Crippen LogP contribution in [0.25, 0.3) is 0 Å². The number of carboxylic acids is 1. The van der Waals surface area contributed by atoms with Crippen molar-refractivity contribution in [2.24, 2.45) is 0 Å². The molecule has 0 aliphatic carbocycles. The van der Waals surface area contributed by atoms with E-state index in [0.717, 1.165) is 12.8 Å². The van der Waals surface area contributed by atoms with Crippen molar-refractivity contribution in [1.82, 2.24) is 0 Å². The second-order valence-corrected chi connectivity index (χ2v) is 5.83. The molecule has 0 saturated carbocycles.